The molecule has 0 spiro atoms. The quantitative estimate of drug-likeness (QED) is 0.751. The standard InChI is InChI=1S/C16H16F6N2O/c17-15(18,19)12-3-1-2-11(8-12)14-10-24(6-7-25-14)9-13(4-5-23)16(20,21)22/h1-3,8,13-14H,4,6-7,9-10H2/t13-,14-/m0/s1. The lowest BCUT2D eigenvalue weighted by Crippen LogP contribution is -2.43. The van der Waals surface area contributed by atoms with Crippen molar-refractivity contribution >= 4 is 0 Å². The minimum Gasteiger partial charge on any atom is -0.371 e. The molecule has 25 heavy (non-hydrogen) atoms. The summed E-state index contributed by atoms with van der Waals surface area (Å²) in [5.41, 5.74) is -0.563. The third-order valence-electron chi connectivity index (χ3n) is 4.02. The summed E-state index contributed by atoms with van der Waals surface area (Å²) in [5, 5.41) is 8.57. The van der Waals surface area contributed by atoms with Crippen molar-refractivity contribution in [2.45, 2.75) is 24.9 Å². The Morgan fingerprint density at radius 1 is 1.24 bits per heavy atom. The number of rotatable bonds is 4. The molecule has 0 amide bonds. The Hall–Kier alpha value is -1.79. The van der Waals surface area contributed by atoms with Crippen molar-refractivity contribution in [2.24, 2.45) is 5.92 Å². The summed E-state index contributed by atoms with van der Waals surface area (Å²) in [6, 6.07) is 6.11. The van der Waals surface area contributed by atoms with Gasteiger partial charge in [-0.25, -0.2) is 0 Å². The topological polar surface area (TPSA) is 36.3 Å². The molecule has 1 fully saturated rings. The number of nitriles is 1. The first-order valence-corrected chi connectivity index (χ1v) is 7.56. The van der Waals surface area contributed by atoms with Gasteiger partial charge < -0.3 is 4.74 Å². The van der Waals surface area contributed by atoms with Crippen LogP contribution in [0, 0.1) is 17.2 Å². The van der Waals surface area contributed by atoms with Crippen LogP contribution >= 0.6 is 0 Å². The average Bonchev–Trinajstić information content (AvgIpc) is 2.53. The van der Waals surface area contributed by atoms with E-state index in [1.165, 1.54) is 23.1 Å². The zero-order valence-corrected chi connectivity index (χ0v) is 13.1. The lowest BCUT2D eigenvalue weighted by atomic mass is 10.0. The maximum Gasteiger partial charge on any atom is 0.416 e. The number of morpholine rings is 1. The number of halogens is 6. The van der Waals surface area contributed by atoms with Gasteiger partial charge in [0.25, 0.3) is 0 Å². The average molecular weight is 366 g/mol. The van der Waals surface area contributed by atoms with E-state index >= 15 is 0 Å². The molecule has 1 heterocycles. The van der Waals surface area contributed by atoms with E-state index in [4.69, 9.17) is 10.00 Å². The summed E-state index contributed by atoms with van der Waals surface area (Å²) in [7, 11) is 0. The van der Waals surface area contributed by atoms with Crippen LogP contribution in [-0.2, 0) is 10.9 Å². The number of benzene rings is 1. The van der Waals surface area contributed by atoms with Crippen LogP contribution in [0.15, 0.2) is 24.3 Å². The summed E-state index contributed by atoms with van der Waals surface area (Å²) < 4.78 is 82.6. The van der Waals surface area contributed by atoms with E-state index < -0.39 is 36.4 Å². The summed E-state index contributed by atoms with van der Waals surface area (Å²) in [6.45, 7) is 0.000708. The summed E-state index contributed by atoms with van der Waals surface area (Å²) in [4.78, 5) is 1.48. The van der Waals surface area contributed by atoms with Gasteiger partial charge >= 0.3 is 12.4 Å². The predicted octanol–water partition coefficient (Wildman–Crippen LogP) is 4.17. The van der Waals surface area contributed by atoms with E-state index in [1.807, 2.05) is 0 Å². The normalized spacial score (nSPS) is 20.9. The number of hydrogen-bond donors (Lipinski definition) is 0. The van der Waals surface area contributed by atoms with Gasteiger partial charge in [0.05, 0.1) is 30.3 Å². The summed E-state index contributed by atoms with van der Waals surface area (Å²) >= 11 is 0. The Kier molecular flexibility index (Phi) is 5.95. The third kappa shape index (κ3) is 5.34. The van der Waals surface area contributed by atoms with Gasteiger partial charge in [-0.3, -0.25) is 4.90 Å². The minimum absolute atomic E-state index is 0.0410. The molecule has 0 aromatic heterocycles. The minimum atomic E-state index is -4.50. The highest BCUT2D eigenvalue weighted by molar-refractivity contribution is 5.27. The van der Waals surface area contributed by atoms with Gasteiger partial charge in [0.1, 0.15) is 0 Å². The fourth-order valence-corrected chi connectivity index (χ4v) is 2.69. The molecule has 1 saturated heterocycles. The number of nitrogens with zero attached hydrogens (tertiary/aromatic N) is 2. The molecule has 0 aliphatic carbocycles. The van der Waals surface area contributed by atoms with Gasteiger partial charge in [-0.05, 0) is 17.7 Å². The second-order valence-electron chi connectivity index (χ2n) is 5.84. The largest absolute Gasteiger partial charge is 0.416 e. The van der Waals surface area contributed by atoms with Gasteiger partial charge in [-0.15, -0.1) is 0 Å². The van der Waals surface area contributed by atoms with Crippen LogP contribution in [0.4, 0.5) is 26.3 Å². The van der Waals surface area contributed by atoms with E-state index in [0.717, 1.165) is 12.1 Å². The summed E-state index contributed by atoms with van der Waals surface area (Å²) in [5.74, 6) is -1.79. The maximum absolute atomic E-state index is 12.9. The van der Waals surface area contributed by atoms with Crippen LogP contribution in [0.1, 0.15) is 23.7 Å². The highest BCUT2D eigenvalue weighted by atomic mass is 19.4. The predicted molar refractivity (Wildman–Crippen MR) is 76.4 cm³/mol. The van der Waals surface area contributed by atoms with Gasteiger partial charge in [0, 0.05) is 26.1 Å². The Morgan fingerprint density at radius 3 is 2.56 bits per heavy atom. The zero-order valence-electron chi connectivity index (χ0n) is 13.1. The molecule has 9 heteroatoms. The van der Waals surface area contributed by atoms with Crippen LogP contribution in [0.3, 0.4) is 0 Å². The second kappa shape index (κ2) is 7.62. The number of alkyl halides is 6. The van der Waals surface area contributed by atoms with Crippen molar-refractivity contribution in [2.75, 3.05) is 26.2 Å². The lowest BCUT2D eigenvalue weighted by molar-refractivity contribution is -0.181. The van der Waals surface area contributed by atoms with Crippen molar-refractivity contribution in [1.29, 1.82) is 5.26 Å². The van der Waals surface area contributed by atoms with Crippen molar-refractivity contribution in [1.82, 2.24) is 4.90 Å². The van der Waals surface area contributed by atoms with Gasteiger partial charge in [-0.1, -0.05) is 12.1 Å². The van der Waals surface area contributed by atoms with E-state index in [1.54, 1.807) is 0 Å². The van der Waals surface area contributed by atoms with Gasteiger partial charge in [-0.2, -0.15) is 31.6 Å². The molecule has 2 rings (SSSR count). The molecule has 1 aliphatic rings. The monoisotopic (exact) mass is 366 g/mol. The van der Waals surface area contributed by atoms with Crippen LogP contribution in [-0.4, -0.2) is 37.3 Å². The van der Waals surface area contributed by atoms with E-state index in [2.05, 4.69) is 0 Å². The first-order chi connectivity index (χ1) is 11.6. The van der Waals surface area contributed by atoms with Crippen molar-refractivity contribution in [3.8, 4) is 6.07 Å². The van der Waals surface area contributed by atoms with Crippen molar-refractivity contribution in [3.63, 3.8) is 0 Å². The first-order valence-electron chi connectivity index (χ1n) is 7.56. The van der Waals surface area contributed by atoms with Crippen molar-refractivity contribution < 1.29 is 31.1 Å². The molecule has 1 aromatic carbocycles. The molecule has 0 unspecified atom stereocenters. The Balaban J connectivity index is 2.09. The highest BCUT2D eigenvalue weighted by Gasteiger charge is 2.41. The Labute approximate surface area is 140 Å². The van der Waals surface area contributed by atoms with Crippen LogP contribution in [0.2, 0.25) is 0 Å². The molecular weight excluding hydrogens is 350 g/mol. The molecule has 138 valence electrons. The first kappa shape index (κ1) is 19.5. The summed E-state index contributed by atoms with van der Waals surface area (Å²) in [6.07, 6.45) is -10.4. The molecule has 0 radical (unpaired) electrons. The van der Waals surface area contributed by atoms with Gasteiger partial charge in [0.2, 0.25) is 0 Å². The van der Waals surface area contributed by atoms with Crippen LogP contribution < -0.4 is 0 Å². The molecular formula is C16H16F6N2O. The molecule has 3 nitrogen and oxygen atoms in total. The second-order valence-corrected chi connectivity index (χ2v) is 5.84. The van der Waals surface area contributed by atoms with Crippen LogP contribution in [0.5, 0.6) is 0 Å². The number of hydrogen-bond acceptors (Lipinski definition) is 3. The highest BCUT2D eigenvalue weighted by Crippen LogP contribution is 2.33. The van der Waals surface area contributed by atoms with E-state index in [-0.39, 0.29) is 31.8 Å². The molecule has 0 N–H and O–H groups in total. The van der Waals surface area contributed by atoms with Crippen LogP contribution in [0.25, 0.3) is 0 Å². The smallest absolute Gasteiger partial charge is 0.371 e. The molecule has 2 atom stereocenters. The fraction of sp³-hybridized carbons (Fsp3) is 0.562. The van der Waals surface area contributed by atoms with Crippen molar-refractivity contribution in [3.05, 3.63) is 35.4 Å². The fourth-order valence-electron chi connectivity index (χ4n) is 2.69. The SMILES string of the molecule is N#CC[C@@H](CN1CCO[C@H](c2cccc(C(F)(F)F)c2)C1)C(F)(F)F. The third-order valence-corrected chi connectivity index (χ3v) is 4.02. The Morgan fingerprint density at radius 2 is 1.96 bits per heavy atom. The van der Waals surface area contributed by atoms with E-state index in [0.29, 0.717) is 0 Å². The molecule has 0 bridgehead atoms. The number of ether oxygens (including phenoxy) is 1. The Bertz CT molecular complexity index is 622. The maximum atomic E-state index is 12.9. The lowest BCUT2D eigenvalue weighted by Gasteiger charge is -2.35. The van der Waals surface area contributed by atoms with Gasteiger partial charge in [0.15, 0.2) is 0 Å². The molecule has 1 aliphatic heterocycles. The zero-order chi connectivity index (χ0) is 18.7. The molecule has 1 aromatic rings. The molecule has 0 saturated carbocycles. The van der Waals surface area contributed by atoms with E-state index in [9.17, 15) is 26.3 Å².